The van der Waals surface area contributed by atoms with Crippen LogP contribution in [-0.2, 0) is 16.1 Å². The van der Waals surface area contributed by atoms with Crippen molar-refractivity contribution in [3.8, 4) is 17.2 Å². The van der Waals surface area contributed by atoms with Gasteiger partial charge < -0.3 is 20.5 Å². The number of nitrogens with one attached hydrogen (secondary N) is 3. The second-order valence-corrected chi connectivity index (χ2v) is 12.8. The van der Waals surface area contributed by atoms with Gasteiger partial charge in [0.25, 0.3) is 0 Å². The number of anilines is 2. The third-order valence-corrected chi connectivity index (χ3v) is 9.32. The summed E-state index contributed by atoms with van der Waals surface area (Å²) in [5, 5.41) is 35.3. The third-order valence-electron chi connectivity index (χ3n) is 9.32. The van der Waals surface area contributed by atoms with Crippen LogP contribution in [0.1, 0.15) is 41.5 Å². The highest BCUT2D eigenvalue weighted by Gasteiger charge is 2.23. The fraction of sp³-hybridized carbons (Fsp3) is 0.308. The van der Waals surface area contributed by atoms with E-state index < -0.39 is 0 Å². The molecule has 2 aromatic heterocycles. The van der Waals surface area contributed by atoms with Gasteiger partial charge in [-0.3, -0.25) is 25.0 Å². The van der Waals surface area contributed by atoms with E-state index in [2.05, 4.69) is 50.5 Å². The zero-order valence-electron chi connectivity index (χ0n) is 28.4. The van der Waals surface area contributed by atoms with E-state index in [-0.39, 0.29) is 23.3 Å². The van der Waals surface area contributed by atoms with Crippen molar-refractivity contribution in [3.05, 3.63) is 107 Å². The highest BCUT2D eigenvalue weighted by Crippen LogP contribution is 2.34. The molecule has 2 saturated heterocycles. The summed E-state index contributed by atoms with van der Waals surface area (Å²) in [7, 11) is 0. The van der Waals surface area contributed by atoms with Gasteiger partial charge in [0.15, 0.2) is 5.82 Å². The Morgan fingerprint density at radius 2 is 1.84 bits per heavy atom. The predicted molar refractivity (Wildman–Crippen MR) is 195 cm³/mol. The lowest BCUT2D eigenvalue weighted by atomic mass is 9.92. The summed E-state index contributed by atoms with van der Waals surface area (Å²) in [6, 6.07) is 18.1. The summed E-state index contributed by atoms with van der Waals surface area (Å²) < 4.78 is 6.03. The normalized spacial score (nSPS) is 15.8. The zero-order chi connectivity index (χ0) is 35.0. The van der Waals surface area contributed by atoms with E-state index in [1.54, 1.807) is 6.08 Å². The minimum absolute atomic E-state index is 0.0910. The highest BCUT2D eigenvalue weighted by atomic mass is 16.5. The molecule has 0 aliphatic carbocycles. The van der Waals surface area contributed by atoms with Crippen LogP contribution in [0.25, 0.3) is 22.0 Å². The summed E-state index contributed by atoms with van der Waals surface area (Å²) in [5.74, 6) is 0.745. The van der Waals surface area contributed by atoms with E-state index in [0.29, 0.717) is 43.8 Å². The smallest absolute Gasteiger partial charge is 0.219 e. The van der Waals surface area contributed by atoms with Crippen molar-refractivity contribution in [2.45, 2.75) is 45.8 Å². The maximum Gasteiger partial charge on any atom is 0.219 e. The first-order chi connectivity index (χ1) is 24.3. The second-order valence-electron chi connectivity index (χ2n) is 12.8. The molecular formula is C39H42N8O3. The molecule has 4 N–H and O–H groups in total. The van der Waals surface area contributed by atoms with Crippen LogP contribution < -0.4 is 10.6 Å². The van der Waals surface area contributed by atoms with Gasteiger partial charge in [0, 0.05) is 61.4 Å². The first-order valence-corrected chi connectivity index (χ1v) is 16.9. The van der Waals surface area contributed by atoms with Crippen molar-refractivity contribution in [1.29, 1.82) is 10.7 Å². The van der Waals surface area contributed by atoms with Gasteiger partial charge in [-0.1, -0.05) is 24.3 Å². The molecule has 4 aromatic rings. The fourth-order valence-corrected chi connectivity index (χ4v) is 6.60. The monoisotopic (exact) mass is 670 g/mol. The van der Waals surface area contributed by atoms with Crippen LogP contribution in [0.5, 0.6) is 0 Å². The number of nitrogens with zero attached hydrogens (tertiary/aromatic N) is 5. The lowest BCUT2D eigenvalue weighted by molar-refractivity contribution is -0.108. The van der Waals surface area contributed by atoms with E-state index in [9.17, 15) is 15.2 Å². The average molecular weight is 671 g/mol. The summed E-state index contributed by atoms with van der Waals surface area (Å²) in [5.41, 5.74) is 7.35. The number of carbonyl (C=O) groups excluding carboxylic acids is 1. The highest BCUT2D eigenvalue weighted by molar-refractivity contribution is 5.97. The maximum absolute atomic E-state index is 11.0. The van der Waals surface area contributed by atoms with E-state index in [4.69, 9.17) is 15.1 Å². The number of pyridine rings is 2. The number of rotatable bonds is 13. The number of aliphatic hydroxyl groups excluding tert-OH is 1. The number of amides is 1. The van der Waals surface area contributed by atoms with Crippen LogP contribution >= 0.6 is 0 Å². The maximum atomic E-state index is 11.0. The molecule has 0 atom stereocenters. The SMILES string of the molecule is Cc1c(Nc2nccc3cc(CN4CCCC4)cnc23)cccc1-c1cccc(C(=N)OC(=C/CCN2CC(O)C2)/C(C#N)=C\NC=O)c1C. The number of aliphatic hydroxyl groups is 1. The molecule has 11 heteroatoms. The number of allylic oxidation sites excluding steroid dienone is 1. The van der Waals surface area contributed by atoms with Crippen LogP contribution in [0.4, 0.5) is 11.5 Å². The van der Waals surface area contributed by atoms with Crippen molar-refractivity contribution < 1.29 is 14.6 Å². The molecule has 0 spiro atoms. The molecule has 2 aliphatic heterocycles. The first-order valence-electron chi connectivity index (χ1n) is 16.9. The molecule has 0 unspecified atom stereocenters. The Bertz CT molecular complexity index is 1990. The minimum atomic E-state index is -0.311. The molecule has 2 fully saturated rings. The van der Waals surface area contributed by atoms with Crippen molar-refractivity contribution >= 4 is 34.7 Å². The molecule has 256 valence electrons. The molecule has 2 aliphatic rings. The molecular weight excluding hydrogens is 628 g/mol. The van der Waals surface area contributed by atoms with Crippen molar-refractivity contribution in [2.24, 2.45) is 0 Å². The Morgan fingerprint density at radius 1 is 1.08 bits per heavy atom. The van der Waals surface area contributed by atoms with Gasteiger partial charge in [-0.05, 0) is 104 Å². The topological polar surface area (TPSA) is 150 Å². The van der Waals surface area contributed by atoms with Gasteiger partial charge in [0.1, 0.15) is 22.9 Å². The number of fused-ring (bicyclic) bond motifs is 1. The van der Waals surface area contributed by atoms with E-state index in [0.717, 1.165) is 58.5 Å². The summed E-state index contributed by atoms with van der Waals surface area (Å²) >= 11 is 0. The van der Waals surface area contributed by atoms with Gasteiger partial charge in [0.05, 0.1) is 6.10 Å². The molecule has 6 rings (SSSR count). The molecule has 50 heavy (non-hydrogen) atoms. The molecule has 0 bridgehead atoms. The molecule has 1 amide bonds. The van der Waals surface area contributed by atoms with Gasteiger partial charge in [-0.15, -0.1) is 0 Å². The van der Waals surface area contributed by atoms with Gasteiger partial charge in [-0.2, -0.15) is 5.26 Å². The van der Waals surface area contributed by atoms with Crippen molar-refractivity contribution in [3.63, 3.8) is 0 Å². The van der Waals surface area contributed by atoms with Crippen LogP contribution in [0, 0.1) is 30.6 Å². The predicted octanol–water partition coefficient (Wildman–Crippen LogP) is 5.70. The summed E-state index contributed by atoms with van der Waals surface area (Å²) in [6.07, 6.45) is 9.97. The Morgan fingerprint density at radius 3 is 2.58 bits per heavy atom. The van der Waals surface area contributed by atoms with E-state index >= 15 is 0 Å². The fourth-order valence-electron chi connectivity index (χ4n) is 6.60. The Balaban J connectivity index is 1.23. The number of hydrogen-bond donors (Lipinski definition) is 4. The Hall–Kier alpha value is -5.41. The van der Waals surface area contributed by atoms with Crippen LogP contribution in [0.15, 0.2) is 84.5 Å². The van der Waals surface area contributed by atoms with Crippen LogP contribution in [0.2, 0.25) is 0 Å². The molecule has 0 radical (unpaired) electrons. The number of carbonyl (C=O) groups is 1. The zero-order valence-corrected chi connectivity index (χ0v) is 28.4. The van der Waals surface area contributed by atoms with E-state index in [1.807, 2.05) is 55.7 Å². The largest absolute Gasteiger partial charge is 0.438 e. The molecule has 2 aromatic carbocycles. The minimum Gasteiger partial charge on any atom is -0.438 e. The molecule has 11 nitrogen and oxygen atoms in total. The number of aromatic nitrogens is 2. The summed E-state index contributed by atoms with van der Waals surface area (Å²) in [4.78, 5) is 25.0. The van der Waals surface area contributed by atoms with Gasteiger partial charge >= 0.3 is 0 Å². The van der Waals surface area contributed by atoms with Crippen LogP contribution in [0.3, 0.4) is 0 Å². The molecule has 4 heterocycles. The average Bonchev–Trinajstić information content (AvgIpc) is 3.62. The lowest BCUT2D eigenvalue weighted by Gasteiger charge is -2.35. The Kier molecular flexibility index (Phi) is 10.9. The quantitative estimate of drug-likeness (QED) is 0.0351. The van der Waals surface area contributed by atoms with Crippen LogP contribution in [-0.4, -0.2) is 76.0 Å². The number of ether oxygens (including phenoxy) is 1. The van der Waals surface area contributed by atoms with Gasteiger partial charge in [-0.25, -0.2) is 4.98 Å². The number of benzene rings is 2. The van der Waals surface area contributed by atoms with E-state index in [1.165, 1.54) is 24.6 Å². The van der Waals surface area contributed by atoms with Crippen molar-refractivity contribution in [2.75, 3.05) is 38.0 Å². The Labute approximate surface area is 292 Å². The lowest BCUT2D eigenvalue weighted by Crippen LogP contribution is -2.50. The van der Waals surface area contributed by atoms with Gasteiger partial charge in [0.2, 0.25) is 12.3 Å². The number of β-amino-alcohol motifs (C(OH)–C–C–N with tert-alkyl or cyclic N) is 1. The third kappa shape index (κ3) is 7.90. The number of likely N-dealkylation sites (tertiary alicyclic amines) is 2. The standard InChI is InChI=1S/C39H42N8O3/c1-26-32(8-5-10-34(26)38(41)50-36(30(19-40)21-42-25-48)12-7-17-47-23-31(49)24-47)33-9-6-11-35(27(33)2)45-39-37-29(13-14-43-39)18-28(20-44-37)22-46-15-3-4-16-46/h5-6,8-14,18,20-21,25,31,41,49H,3-4,7,15-17,22-24H2,1-2H3,(H,42,48)(H,43,45)/b30-21-,36-12+,41-38?. The van der Waals surface area contributed by atoms with Crippen molar-refractivity contribution in [1.82, 2.24) is 25.1 Å². The number of hydrogen-bond acceptors (Lipinski definition) is 10. The second kappa shape index (κ2) is 15.9. The molecule has 0 saturated carbocycles. The first kappa shape index (κ1) is 34.5. The summed E-state index contributed by atoms with van der Waals surface area (Å²) in [6.45, 7) is 9.06. The number of nitriles is 1.